The van der Waals surface area contributed by atoms with Crippen molar-refractivity contribution in [3.05, 3.63) is 0 Å². The van der Waals surface area contributed by atoms with Crippen LogP contribution in [0.15, 0.2) is 0 Å². The van der Waals surface area contributed by atoms with Crippen LogP contribution in [0.1, 0.15) is 72.6 Å². The van der Waals surface area contributed by atoms with Crippen molar-refractivity contribution in [3.63, 3.8) is 0 Å². The second-order valence-corrected chi connectivity index (χ2v) is 6.91. The highest BCUT2D eigenvalue weighted by atomic mass is 16.2. The summed E-state index contributed by atoms with van der Waals surface area (Å²) >= 11 is 0. The van der Waals surface area contributed by atoms with Crippen LogP contribution in [-0.2, 0) is 9.59 Å². The van der Waals surface area contributed by atoms with E-state index in [2.05, 4.69) is 10.6 Å². The first kappa shape index (κ1) is 17.2. The van der Waals surface area contributed by atoms with E-state index in [1.165, 1.54) is 6.42 Å². The first-order valence-electron chi connectivity index (χ1n) is 7.96. The van der Waals surface area contributed by atoms with Gasteiger partial charge in [0.1, 0.15) is 0 Å². The van der Waals surface area contributed by atoms with Crippen LogP contribution in [-0.4, -0.2) is 29.3 Å². The summed E-state index contributed by atoms with van der Waals surface area (Å²) in [5.74, 6) is -0.723. The van der Waals surface area contributed by atoms with E-state index in [1.54, 1.807) is 0 Å². The van der Waals surface area contributed by atoms with Crippen LogP contribution in [0.5, 0.6) is 0 Å². The van der Waals surface area contributed by atoms with Gasteiger partial charge in [-0.2, -0.15) is 0 Å². The van der Waals surface area contributed by atoms with E-state index >= 15 is 0 Å². The Kier molecular flexibility index (Phi) is 6.66. The molecule has 1 aliphatic rings. The molecule has 1 rings (SSSR count). The molecule has 0 aromatic carbocycles. The Morgan fingerprint density at radius 2 is 1.75 bits per heavy atom. The van der Waals surface area contributed by atoms with Crippen molar-refractivity contribution >= 4 is 11.7 Å². The van der Waals surface area contributed by atoms with Gasteiger partial charge < -0.3 is 10.6 Å². The molecule has 116 valence electrons. The van der Waals surface area contributed by atoms with Gasteiger partial charge in [0, 0.05) is 11.6 Å². The van der Waals surface area contributed by atoms with Crippen molar-refractivity contribution in [2.75, 3.05) is 0 Å². The zero-order valence-electron chi connectivity index (χ0n) is 13.4. The molecule has 1 atom stereocenters. The monoisotopic (exact) mass is 282 g/mol. The fourth-order valence-electron chi connectivity index (χ4n) is 2.74. The van der Waals surface area contributed by atoms with Gasteiger partial charge >= 0.3 is 0 Å². The van der Waals surface area contributed by atoms with E-state index in [9.17, 15) is 9.59 Å². The van der Waals surface area contributed by atoms with Crippen molar-refractivity contribution in [1.82, 2.24) is 10.6 Å². The molecule has 0 aromatic rings. The summed E-state index contributed by atoms with van der Waals surface area (Å²) in [6.45, 7) is 8.08. The SMILES string of the molecule is CCCC(NC(C)(C)C)C(=O)C(=O)NC1CCCCC1. The second-order valence-electron chi connectivity index (χ2n) is 6.91. The van der Waals surface area contributed by atoms with E-state index in [4.69, 9.17) is 0 Å². The van der Waals surface area contributed by atoms with Crippen LogP contribution in [0, 0.1) is 0 Å². The molecule has 1 unspecified atom stereocenters. The first-order valence-corrected chi connectivity index (χ1v) is 7.96. The highest BCUT2D eigenvalue weighted by Gasteiger charge is 2.29. The molecule has 0 bridgehead atoms. The molecule has 1 aliphatic carbocycles. The summed E-state index contributed by atoms with van der Waals surface area (Å²) in [6, 6.07) is -0.180. The van der Waals surface area contributed by atoms with Gasteiger partial charge in [-0.05, 0) is 40.0 Å². The lowest BCUT2D eigenvalue weighted by molar-refractivity contribution is -0.140. The van der Waals surface area contributed by atoms with Gasteiger partial charge in [0.2, 0.25) is 5.78 Å². The van der Waals surface area contributed by atoms with Crippen LogP contribution < -0.4 is 10.6 Å². The number of carbonyl (C=O) groups is 2. The summed E-state index contributed by atoms with van der Waals surface area (Å²) in [5.41, 5.74) is -0.166. The van der Waals surface area contributed by atoms with E-state index in [0.717, 1.165) is 32.1 Å². The van der Waals surface area contributed by atoms with E-state index in [1.807, 2.05) is 27.7 Å². The molecule has 0 spiro atoms. The molecular formula is C16H30N2O2. The molecule has 0 aliphatic heterocycles. The Labute approximate surface area is 123 Å². The third-order valence-electron chi connectivity index (χ3n) is 3.67. The predicted octanol–water partition coefficient (Wildman–Crippen LogP) is 2.56. The lowest BCUT2D eigenvalue weighted by Gasteiger charge is -2.28. The fraction of sp³-hybridized carbons (Fsp3) is 0.875. The van der Waals surface area contributed by atoms with Gasteiger partial charge in [0.25, 0.3) is 5.91 Å². The van der Waals surface area contributed by atoms with Gasteiger partial charge in [-0.3, -0.25) is 9.59 Å². The molecule has 4 heteroatoms. The standard InChI is InChI=1S/C16H30N2O2/c1-5-9-13(18-16(2,3)4)14(19)15(20)17-12-10-7-6-8-11-12/h12-13,18H,5-11H2,1-4H3,(H,17,20). The average molecular weight is 282 g/mol. The molecule has 1 amide bonds. The van der Waals surface area contributed by atoms with Gasteiger partial charge in [-0.15, -0.1) is 0 Å². The third-order valence-corrected chi connectivity index (χ3v) is 3.67. The largest absolute Gasteiger partial charge is 0.347 e. The number of Topliss-reactive ketones (excluding diaryl/α,β-unsaturated/α-hetero) is 1. The molecule has 0 radical (unpaired) electrons. The first-order chi connectivity index (χ1) is 9.33. The number of rotatable bonds is 6. The quantitative estimate of drug-likeness (QED) is 0.736. The Hall–Kier alpha value is -0.900. The molecule has 2 N–H and O–H groups in total. The van der Waals surface area contributed by atoms with Gasteiger partial charge in [0.15, 0.2) is 0 Å². The van der Waals surface area contributed by atoms with E-state index in [-0.39, 0.29) is 23.4 Å². The Morgan fingerprint density at radius 3 is 2.25 bits per heavy atom. The van der Waals surface area contributed by atoms with Crippen LogP contribution >= 0.6 is 0 Å². The lowest BCUT2D eigenvalue weighted by atomic mass is 9.95. The van der Waals surface area contributed by atoms with Crippen LogP contribution in [0.4, 0.5) is 0 Å². The molecule has 1 fully saturated rings. The Balaban J connectivity index is 2.56. The number of carbonyl (C=O) groups excluding carboxylic acids is 2. The summed E-state index contributed by atoms with van der Waals surface area (Å²) in [4.78, 5) is 24.4. The molecule has 0 heterocycles. The maximum atomic E-state index is 12.3. The second kappa shape index (κ2) is 7.77. The molecule has 1 saturated carbocycles. The highest BCUT2D eigenvalue weighted by Crippen LogP contribution is 2.17. The minimum absolute atomic E-state index is 0.166. The zero-order valence-corrected chi connectivity index (χ0v) is 13.4. The predicted molar refractivity (Wildman–Crippen MR) is 81.6 cm³/mol. The highest BCUT2D eigenvalue weighted by molar-refractivity contribution is 6.38. The molecule has 20 heavy (non-hydrogen) atoms. The van der Waals surface area contributed by atoms with Crippen molar-refractivity contribution < 1.29 is 9.59 Å². The maximum absolute atomic E-state index is 12.3. The number of ketones is 1. The van der Waals surface area contributed by atoms with E-state index in [0.29, 0.717) is 6.42 Å². The summed E-state index contributed by atoms with van der Waals surface area (Å²) in [6.07, 6.45) is 7.14. The van der Waals surface area contributed by atoms with Gasteiger partial charge in [-0.1, -0.05) is 32.6 Å². The van der Waals surface area contributed by atoms with Crippen LogP contribution in [0.3, 0.4) is 0 Å². The number of amides is 1. The van der Waals surface area contributed by atoms with Crippen LogP contribution in [0.2, 0.25) is 0 Å². The Bertz CT molecular complexity index is 328. The van der Waals surface area contributed by atoms with Crippen molar-refractivity contribution in [1.29, 1.82) is 0 Å². The van der Waals surface area contributed by atoms with Gasteiger partial charge in [-0.25, -0.2) is 0 Å². The number of hydrogen-bond acceptors (Lipinski definition) is 3. The van der Waals surface area contributed by atoms with Crippen molar-refractivity contribution in [3.8, 4) is 0 Å². The third kappa shape index (κ3) is 6.04. The lowest BCUT2D eigenvalue weighted by Crippen LogP contribution is -2.53. The minimum Gasteiger partial charge on any atom is -0.347 e. The maximum Gasteiger partial charge on any atom is 0.289 e. The summed E-state index contributed by atoms with van der Waals surface area (Å²) in [5, 5.41) is 6.18. The number of nitrogens with one attached hydrogen (secondary N) is 2. The summed E-state index contributed by atoms with van der Waals surface area (Å²) in [7, 11) is 0. The van der Waals surface area contributed by atoms with Crippen LogP contribution in [0.25, 0.3) is 0 Å². The molecule has 4 nitrogen and oxygen atoms in total. The normalized spacial score (nSPS) is 18.6. The molecule has 0 aromatic heterocycles. The van der Waals surface area contributed by atoms with Crippen molar-refractivity contribution in [2.45, 2.75) is 90.3 Å². The average Bonchev–Trinajstić information content (AvgIpc) is 2.37. The fourth-order valence-corrected chi connectivity index (χ4v) is 2.74. The molecular weight excluding hydrogens is 252 g/mol. The van der Waals surface area contributed by atoms with E-state index < -0.39 is 5.91 Å². The molecule has 0 saturated heterocycles. The van der Waals surface area contributed by atoms with Gasteiger partial charge in [0.05, 0.1) is 6.04 Å². The smallest absolute Gasteiger partial charge is 0.289 e. The topological polar surface area (TPSA) is 58.2 Å². The zero-order chi connectivity index (χ0) is 15.2. The number of hydrogen-bond donors (Lipinski definition) is 2. The minimum atomic E-state index is -0.410. The summed E-state index contributed by atoms with van der Waals surface area (Å²) < 4.78 is 0. The van der Waals surface area contributed by atoms with Crippen molar-refractivity contribution in [2.24, 2.45) is 0 Å². The Morgan fingerprint density at radius 1 is 1.15 bits per heavy atom.